The fourth-order valence-electron chi connectivity index (χ4n) is 1.83. The van der Waals surface area contributed by atoms with Crippen LogP contribution in [0.1, 0.15) is 11.8 Å². The predicted octanol–water partition coefficient (Wildman–Crippen LogP) is 1.20. The van der Waals surface area contributed by atoms with E-state index in [0.717, 1.165) is 31.9 Å². The normalized spacial score (nSPS) is 20.9. The van der Waals surface area contributed by atoms with Crippen LogP contribution in [0.3, 0.4) is 0 Å². The maximum absolute atomic E-state index is 12.9. The summed E-state index contributed by atoms with van der Waals surface area (Å²) < 4.78 is 18.1. The molecule has 3 nitrogen and oxygen atoms in total. The fraction of sp³-hybridized carbons (Fsp3) is 0.600. The summed E-state index contributed by atoms with van der Waals surface area (Å²) in [5, 5.41) is 3.24. The zero-order valence-corrected chi connectivity index (χ0v) is 8.08. The summed E-state index contributed by atoms with van der Waals surface area (Å²) in [6.07, 6.45) is 1.60. The lowest BCUT2D eigenvalue weighted by molar-refractivity contribution is 0.130. The minimum Gasteiger partial charge on any atom is -0.468 e. The number of nitrogens with zero attached hydrogens (tertiary/aromatic N) is 1. The highest BCUT2D eigenvalue weighted by atomic mass is 19.1. The second kappa shape index (κ2) is 4.57. The average molecular weight is 198 g/mol. The third kappa shape index (κ3) is 1.96. The van der Waals surface area contributed by atoms with Crippen LogP contribution < -0.4 is 5.32 Å². The molecule has 1 N–H and O–H groups in total. The predicted molar refractivity (Wildman–Crippen MR) is 51.9 cm³/mol. The molecule has 0 spiro atoms. The summed E-state index contributed by atoms with van der Waals surface area (Å²) in [7, 11) is 0. The molecule has 1 atom stereocenters. The molecule has 0 radical (unpaired) electrons. The highest BCUT2D eigenvalue weighted by Crippen LogP contribution is 2.21. The largest absolute Gasteiger partial charge is 0.468 e. The highest BCUT2D eigenvalue weighted by Gasteiger charge is 2.23. The molecule has 1 fully saturated rings. The van der Waals surface area contributed by atoms with Crippen LogP contribution >= 0.6 is 0 Å². The first kappa shape index (κ1) is 9.68. The third-order valence-corrected chi connectivity index (χ3v) is 2.61. The molecule has 1 aliphatic heterocycles. The molecule has 2 rings (SSSR count). The molecule has 1 aromatic heterocycles. The summed E-state index contributed by atoms with van der Waals surface area (Å²) >= 11 is 0. The van der Waals surface area contributed by atoms with Crippen LogP contribution in [0.25, 0.3) is 0 Å². The Morgan fingerprint density at radius 3 is 2.86 bits per heavy atom. The van der Waals surface area contributed by atoms with Gasteiger partial charge in [-0.3, -0.25) is 4.90 Å². The lowest BCUT2D eigenvalue weighted by Gasteiger charge is -2.32. The Labute approximate surface area is 82.9 Å². The van der Waals surface area contributed by atoms with Crippen molar-refractivity contribution >= 4 is 0 Å². The first-order chi connectivity index (χ1) is 6.92. The van der Waals surface area contributed by atoms with Crippen LogP contribution in [0.4, 0.5) is 4.39 Å². The average Bonchev–Trinajstić information content (AvgIpc) is 2.74. The Morgan fingerprint density at radius 1 is 1.50 bits per heavy atom. The lowest BCUT2D eigenvalue weighted by Crippen LogP contribution is -2.45. The molecule has 1 saturated heterocycles. The van der Waals surface area contributed by atoms with Crippen LogP contribution in [0.15, 0.2) is 22.8 Å². The van der Waals surface area contributed by atoms with Gasteiger partial charge in [-0.25, -0.2) is 4.39 Å². The second-order valence-electron chi connectivity index (χ2n) is 3.47. The van der Waals surface area contributed by atoms with Crippen molar-refractivity contribution in [1.82, 2.24) is 10.2 Å². The number of hydrogen-bond donors (Lipinski definition) is 1. The van der Waals surface area contributed by atoms with Gasteiger partial charge < -0.3 is 9.73 Å². The quantitative estimate of drug-likeness (QED) is 0.791. The van der Waals surface area contributed by atoms with Gasteiger partial charge in [0.25, 0.3) is 0 Å². The summed E-state index contributed by atoms with van der Waals surface area (Å²) in [6.45, 7) is 3.24. The second-order valence-corrected chi connectivity index (χ2v) is 3.47. The van der Waals surface area contributed by atoms with Crippen LogP contribution in [-0.4, -0.2) is 37.8 Å². The maximum atomic E-state index is 12.9. The van der Waals surface area contributed by atoms with E-state index in [1.165, 1.54) is 0 Å². The molecule has 0 aromatic carbocycles. The zero-order valence-electron chi connectivity index (χ0n) is 8.08. The standard InChI is InChI=1S/C10H15FN2O/c11-8-9(10-2-1-7-14-10)13-5-3-12-4-6-13/h1-2,7,9,12H,3-6,8H2. The summed E-state index contributed by atoms with van der Waals surface area (Å²) in [5.41, 5.74) is 0. The molecular formula is C10H15FN2O. The Morgan fingerprint density at radius 2 is 2.29 bits per heavy atom. The van der Waals surface area contributed by atoms with Crippen molar-refractivity contribution in [3.05, 3.63) is 24.2 Å². The van der Waals surface area contributed by atoms with Crippen molar-refractivity contribution in [3.8, 4) is 0 Å². The van der Waals surface area contributed by atoms with Crippen molar-refractivity contribution < 1.29 is 8.81 Å². The van der Waals surface area contributed by atoms with Crippen molar-refractivity contribution in [2.45, 2.75) is 6.04 Å². The van der Waals surface area contributed by atoms with Gasteiger partial charge >= 0.3 is 0 Å². The number of piperazine rings is 1. The van der Waals surface area contributed by atoms with Gasteiger partial charge in [-0.15, -0.1) is 0 Å². The van der Waals surface area contributed by atoms with E-state index in [2.05, 4.69) is 10.2 Å². The van der Waals surface area contributed by atoms with Crippen molar-refractivity contribution in [1.29, 1.82) is 0 Å². The van der Waals surface area contributed by atoms with E-state index in [4.69, 9.17) is 4.42 Å². The van der Waals surface area contributed by atoms with Gasteiger partial charge in [-0.1, -0.05) is 0 Å². The van der Waals surface area contributed by atoms with Gasteiger partial charge in [-0.05, 0) is 12.1 Å². The first-order valence-corrected chi connectivity index (χ1v) is 4.96. The van der Waals surface area contributed by atoms with E-state index < -0.39 is 0 Å². The van der Waals surface area contributed by atoms with Gasteiger partial charge in [-0.2, -0.15) is 0 Å². The number of nitrogens with one attached hydrogen (secondary N) is 1. The molecule has 0 amide bonds. The van der Waals surface area contributed by atoms with Crippen LogP contribution in [-0.2, 0) is 0 Å². The molecule has 0 saturated carbocycles. The molecule has 78 valence electrons. The highest BCUT2D eigenvalue weighted by molar-refractivity contribution is 5.05. The first-order valence-electron chi connectivity index (χ1n) is 4.96. The molecule has 2 heterocycles. The van der Waals surface area contributed by atoms with Crippen molar-refractivity contribution in [2.24, 2.45) is 0 Å². The third-order valence-electron chi connectivity index (χ3n) is 2.61. The summed E-state index contributed by atoms with van der Waals surface area (Å²) in [4.78, 5) is 2.12. The molecule has 0 aliphatic carbocycles. The summed E-state index contributed by atoms with van der Waals surface area (Å²) in [6, 6.07) is 3.44. The monoisotopic (exact) mass is 198 g/mol. The van der Waals surface area contributed by atoms with Gasteiger partial charge in [0.1, 0.15) is 12.4 Å². The van der Waals surface area contributed by atoms with Crippen LogP contribution in [0.5, 0.6) is 0 Å². The minimum atomic E-state index is -0.381. The van der Waals surface area contributed by atoms with E-state index in [1.807, 2.05) is 6.07 Å². The van der Waals surface area contributed by atoms with E-state index >= 15 is 0 Å². The number of hydrogen-bond acceptors (Lipinski definition) is 3. The maximum Gasteiger partial charge on any atom is 0.123 e. The molecule has 1 aliphatic rings. The number of alkyl halides is 1. The van der Waals surface area contributed by atoms with E-state index in [-0.39, 0.29) is 12.7 Å². The van der Waals surface area contributed by atoms with E-state index in [1.54, 1.807) is 12.3 Å². The van der Waals surface area contributed by atoms with E-state index in [9.17, 15) is 4.39 Å². The van der Waals surface area contributed by atoms with Crippen molar-refractivity contribution in [3.63, 3.8) is 0 Å². The molecule has 4 heteroatoms. The summed E-state index contributed by atoms with van der Waals surface area (Å²) in [5.74, 6) is 0.731. The van der Waals surface area contributed by atoms with Crippen LogP contribution in [0, 0.1) is 0 Å². The zero-order chi connectivity index (χ0) is 9.80. The smallest absolute Gasteiger partial charge is 0.123 e. The Hall–Kier alpha value is -0.870. The molecule has 0 bridgehead atoms. The molecule has 1 aromatic rings. The van der Waals surface area contributed by atoms with E-state index in [0.29, 0.717) is 0 Å². The van der Waals surface area contributed by atoms with Gasteiger partial charge in [0.15, 0.2) is 0 Å². The number of furan rings is 1. The van der Waals surface area contributed by atoms with Crippen LogP contribution in [0.2, 0.25) is 0 Å². The van der Waals surface area contributed by atoms with Gasteiger partial charge in [0.05, 0.1) is 12.3 Å². The Balaban J connectivity index is 2.04. The van der Waals surface area contributed by atoms with Gasteiger partial charge in [0, 0.05) is 26.2 Å². The lowest BCUT2D eigenvalue weighted by atomic mass is 10.2. The fourth-order valence-corrected chi connectivity index (χ4v) is 1.83. The number of halogens is 1. The molecule has 1 unspecified atom stereocenters. The SMILES string of the molecule is FCC(c1ccco1)N1CCNCC1. The van der Waals surface area contributed by atoms with Gasteiger partial charge in [0.2, 0.25) is 0 Å². The molecular weight excluding hydrogens is 183 g/mol. The number of rotatable bonds is 3. The van der Waals surface area contributed by atoms with Crippen molar-refractivity contribution in [2.75, 3.05) is 32.9 Å². The minimum absolute atomic E-state index is 0.202. The molecule has 14 heavy (non-hydrogen) atoms. The topological polar surface area (TPSA) is 28.4 Å². The Kier molecular flexibility index (Phi) is 3.16. The Bertz CT molecular complexity index is 257.